The number of anilines is 1. The van der Waals surface area contributed by atoms with Gasteiger partial charge in [0.15, 0.2) is 0 Å². The van der Waals surface area contributed by atoms with E-state index in [1.54, 1.807) is 31.4 Å². The highest BCUT2D eigenvalue weighted by Crippen LogP contribution is 2.39. The fraction of sp³-hybridized carbons (Fsp3) is 0.500. The standard InChI is InChI=1S/C16H21NO4/c1-3-10-8-13(14(9-10)16(19)20)15(18)17-11-4-6-12(21-2)7-5-11/h4-7,10,13-14H,3,8-9H2,1-2H3,(H,17,18)(H,19,20)/t10?,13-,14+/m0/s1. The van der Waals surface area contributed by atoms with Gasteiger partial charge in [-0.15, -0.1) is 0 Å². The third-order valence-corrected chi connectivity index (χ3v) is 4.25. The second-order valence-electron chi connectivity index (χ2n) is 5.51. The number of aliphatic carboxylic acids is 1. The highest BCUT2D eigenvalue weighted by atomic mass is 16.5. The number of carbonyl (C=O) groups excluding carboxylic acids is 1. The average molecular weight is 291 g/mol. The Morgan fingerprint density at radius 2 is 1.86 bits per heavy atom. The molecule has 1 unspecified atom stereocenters. The number of ether oxygens (including phenoxy) is 1. The molecule has 0 aromatic heterocycles. The number of hydrogen-bond acceptors (Lipinski definition) is 3. The van der Waals surface area contributed by atoms with Crippen LogP contribution in [-0.4, -0.2) is 24.1 Å². The predicted octanol–water partition coefficient (Wildman–Crippen LogP) is 2.77. The van der Waals surface area contributed by atoms with Gasteiger partial charge in [0.25, 0.3) is 0 Å². The summed E-state index contributed by atoms with van der Waals surface area (Å²) in [5.41, 5.74) is 0.657. The Bertz CT molecular complexity index is 512. The van der Waals surface area contributed by atoms with Crippen molar-refractivity contribution in [2.24, 2.45) is 17.8 Å². The molecule has 0 bridgehead atoms. The number of carboxylic acids is 1. The smallest absolute Gasteiger partial charge is 0.307 e. The Morgan fingerprint density at radius 1 is 1.24 bits per heavy atom. The molecule has 1 aliphatic rings. The molecule has 1 amide bonds. The molecule has 0 heterocycles. The van der Waals surface area contributed by atoms with Gasteiger partial charge in [-0.1, -0.05) is 13.3 Å². The minimum Gasteiger partial charge on any atom is -0.497 e. The number of rotatable bonds is 5. The lowest BCUT2D eigenvalue weighted by molar-refractivity contribution is -0.145. The first kappa shape index (κ1) is 15.4. The van der Waals surface area contributed by atoms with Gasteiger partial charge < -0.3 is 15.2 Å². The van der Waals surface area contributed by atoms with Crippen LogP contribution in [-0.2, 0) is 9.59 Å². The topological polar surface area (TPSA) is 75.6 Å². The number of methoxy groups -OCH3 is 1. The fourth-order valence-electron chi connectivity index (χ4n) is 2.95. The number of carboxylic acid groups (broad SMARTS) is 1. The van der Waals surface area contributed by atoms with Crippen molar-refractivity contribution in [3.63, 3.8) is 0 Å². The monoisotopic (exact) mass is 291 g/mol. The summed E-state index contributed by atoms with van der Waals surface area (Å²) in [6, 6.07) is 7.01. The van der Waals surface area contributed by atoms with Gasteiger partial charge in [-0.3, -0.25) is 9.59 Å². The molecule has 0 radical (unpaired) electrons. The summed E-state index contributed by atoms with van der Waals surface area (Å²) in [6.07, 6.45) is 2.15. The molecule has 1 aliphatic carbocycles. The molecule has 1 saturated carbocycles. The molecule has 1 fully saturated rings. The maximum atomic E-state index is 12.3. The van der Waals surface area contributed by atoms with E-state index in [1.165, 1.54) is 0 Å². The maximum absolute atomic E-state index is 12.3. The van der Waals surface area contributed by atoms with E-state index in [0.717, 1.165) is 6.42 Å². The van der Waals surface area contributed by atoms with Gasteiger partial charge in [0.05, 0.1) is 18.9 Å². The number of hydrogen-bond donors (Lipinski definition) is 2. The lowest BCUT2D eigenvalue weighted by Crippen LogP contribution is -2.29. The molecule has 21 heavy (non-hydrogen) atoms. The van der Waals surface area contributed by atoms with Crippen LogP contribution in [0.15, 0.2) is 24.3 Å². The van der Waals surface area contributed by atoms with Crippen molar-refractivity contribution < 1.29 is 19.4 Å². The summed E-state index contributed by atoms with van der Waals surface area (Å²) in [5.74, 6) is -1.08. The first-order chi connectivity index (χ1) is 10.0. The van der Waals surface area contributed by atoms with E-state index in [1.807, 2.05) is 6.92 Å². The summed E-state index contributed by atoms with van der Waals surface area (Å²) in [5, 5.41) is 12.1. The average Bonchev–Trinajstić information content (AvgIpc) is 2.92. The first-order valence-corrected chi connectivity index (χ1v) is 7.22. The predicted molar refractivity (Wildman–Crippen MR) is 79.3 cm³/mol. The molecule has 1 aromatic carbocycles. The quantitative estimate of drug-likeness (QED) is 0.874. The van der Waals surface area contributed by atoms with E-state index >= 15 is 0 Å². The Balaban J connectivity index is 2.05. The van der Waals surface area contributed by atoms with E-state index in [9.17, 15) is 14.7 Å². The second-order valence-corrected chi connectivity index (χ2v) is 5.51. The molecule has 2 N–H and O–H groups in total. The molecular weight excluding hydrogens is 270 g/mol. The van der Waals surface area contributed by atoms with E-state index in [-0.39, 0.29) is 5.91 Å². The van der Waals surface area contributed by atoms with Crippen molar-refractivity contribution in [3.8, 4) is 5.75 Å². The summed E-state index contributed by atoms with van der Waals surface area (Å²) in [7, 11) is 1.58. The van der Waals surface area contributed by atoms with Gasteiger partial charge in [-0.25, -0.2) is 0 Å². The lowest BCUT2D eigenvalue weighted by Gasteiger charge is -2.15. The number of carbonyl (C=O) groups is 2. The van der Waals surface area contributed by atoms with Gasteiger partial charge >= 0.3 is 5.97 Å². The third-order valence-electron chi connectivity index (χ3n) is 4.25. The van der Waals surface area contributed by atoms with Crippen LogP contribution in [0.25, 0.3) is 0 Å². The van der Waals surface area contributed by atoms with Crippen molar-refractivity contribution in [2.75, 3.05) is 12.4 Å². The van der Waals surface area contributed by atoms with Gasteiger partial charge in [0.2, 0.25) is 5.91 Å². The SMILES string of the molecule is CCC1C[C@H](C(=O)Nc2ccc(OC)cc2)[C@H](C(=O)O)C1. The van der Waals surface area contributed by atoms with Crippen LogP contribution in [0.5, 0.6) is 5.75 Å². The number of benzene rings is 1. The molecule has 2 rings (SSSR count). The van der Waals surface area contributed by atoms with Crippen molar-refractivity contribution in [1.29, 1.82) is 0 Å². The van der Waals surface area contributed by atoms with Crippen LogP contribution in [0.2, 0.25) is 0 Å². The van der Waals surface area contributed by atoms with Crippen molar-refractivity contribution in [2.45, 2.75) is 26.2 Å². The Morgan fingerprint density at radius 3 is 2.38 bits per heavy atom. The number of amides is 1. The molecule has 114 valence electrons. The minimum atomic E-state index is -0.874. The van der Waals surface area contributed by atoms with Gasteiger partial charge in [-0.2, -0.15) is 0 Å². The van der Waals surface area contributed by atoms with Crippen LogP contribution in [0.3, 0.4) is 0 Å². The fourth-order valence-corrected chi connectivity index (χ4v) is 2.95. The molecule has 1 aromatic rings. The van der Waals surface area contributed by atoms with E-state index in [0.29, 0.717) is 30.2 Å². The first-order valence-electron chi connectivity index (χ1n) is 7.22. The van der Waals surface area contributed by atoms with Gasteiger partial charge in [0.1, 0.15) is 5.75 Å². The second kappa shape index (κ2) is 6.61. The minimum absolute atomic E-state index is 0.205. The molecule has 3 atom stereocenters. The van der Waals surface area contributed by atoms with Crippen molar-refractivity contribution >= 4 is 17.6 Å². The highest BCUT2D eigenvalue weighted by molar-refractivity contribution is 5.95. The van der Waals surface area contributed by atoms with Crippen LogP contribution >= 0.6 is 0 Å². The number of nitrogens with one attached hydrogen (secondary N) is 1. The van der Waals surface area contributed by atoms with Crippen molar-refractivity contribution in [1.82, 2.24) is 0 Å². The van der Waals surface area contributed by atoms with Crippen LogP contribution < -0.4 is 10.1 Å². The zero-order chi connectivity index (χ0) is 15.4. The Hall–Kier alpha value is -2.04. The molecule has 0 aliphatic heterocycles. The summed E-state index contributed by atoms with van der Waals surface area (Å²) in [6.45, 7) is 2.04. The molecular formula is C16H21NO4. The van der Waals surface area contributed by atoms with Crippen LogP contribution in [0, 0.1) is 17.8 Å². The zero-order valence-corrected chi connectivity index (χ0v) is 12.3. The molecule has 5 heteroatoms. The summed E-state index contributed by atoms with van der Waals surface area (Å²) in [4.78, 5) is 23.7. The van der Waals surface area contributed by atoms with Crippen LogP contribution in [0.4, 0.5) is 5.69 Å². The van der Waals surface area contributed by atoms with Crippen molar-refractivity contribution in [3.05, 3.63) is 24.3 Å². The van der Waals surface area contributed by atoms with Gasteiger partial charge in [0, 0.05) is 5.69 Å². The maximum Gasteiger partial charge on any atom is 0.307 e. The lowest BCUT2D eigenvalue weighted by atomic mass is 9.95. The third kappa shape index (κ3) is 3.54. The summed E-state index contributed by atoms with van der Waals surface area (Å²) < 4.78 is 5.06. The largest absolute Gasteiger partial charge is 0.497 e. The summed E-state index contributed by atoms with van der Waals surface area (Å²) >= 11 is 0. The molecule has 0 saturated heterocycles. The van der Waals surface area contributed by atoms with Gasteiger partial charge in [-0.05, 0) is 43.0 Å². The molecule has 5 nitrogen and oxygen atoms in total. The van der Waals surface area contributed by atoms with Crippen LogP contribution in [0.1, 0.15) is 26.2 Å². The Labute approximate surface area is 124 Å². The highest BCUT2D eigenvalue weighted by Gasteiger charge is 2.42. The zero-order valence-electron chi connectivity index (χ0n) is 12.3. The normalized spacial score (nSPS) is 24.6. The Kier molecular flexibility index (Phi) is 4.83. The molecule has 0 spiro atoms. The van der Waals surface area contributed by atoms with E-state index in [2.05, 4.69) is 5.32 Å². The van der Waals surface area contributed by atoms with E-state index < -0.39 is 17.8 Å². The van der Waals surface area contributed by atoms with E-state index in [4.69, 9.17) is 4.74 Å².